The van der Waals surface area contributed by atoms with Gasteiger partial charge in [0.05, 0.1) is 5.57 Å². The summed E-state index contributed by atoms with van der Waals surface area (Å²) in [5.74, 6) is 0.276. The second-order valence-electron chi connectivity index (χ2n) is 6.41. The van der Waals surface area contributed by atoms with E-state index in [4.69, 9.17) is 15.6 Å². The first kappa shape index (κ1) is 18.3. The maximum atomic E-state index is 11.2. The molecule has 0 spiro atoms. The number of hydrazone groups is 1. The number of nitrogens with two attached hydrogens (primary N) is 1. The molecule has 9 heteroatoms. The lowest BCUT2D eigenvalue weighted by Gasteiger charge is -2.19. The molecule has 0 atom stereocenters. The van der Waals surface area contributed by atoms with Crippen molar-refractivity contribution in [1.29, 1.82) is 5.41 Å². The molecule has 1 aromatic heterocycles. The number of amidine groups is 1. The van der Waals surface area contributed by atoms with Gasteiger partial charge in [-0.25, -0.2) is 10.0 Å². The minimum absolute atomic E-state index is 0.0379. The topological polar surface area (TPSA) is 133 Å². The smallest absolute Gasteiger partial charge is 0.302 e. The molecule has 0 saturated carbocycles. The number of fused-ring (bicyclic) bond motifs is 1. The standard InChI is InChI=1S/C18H21N7O2/c1-9(2)25-17(21-8-19)15(10(3)20)16(24-25)12-5-6-13-14(7-12)27-18(23-13)22-11(4)26/h5-9,19H,20H2,1-4H3,(H,22,23,26)/b15-10+,19-8?,21-17+. The summed E-state index contributed by atoms with van der Waals surface area (Å²) in [4.78, 5) is 19.6. The molecule has 1 aromatic carbocycles. The maximum absolute atomic E-state index is 11.2. The number of hydrogen-bond acceptors (Lipinski definition) is 6. The molecule has 140 valence electrons. The largest absolute Gasteiger partial charge is 0.423 e. The Hall–Kier alpha value is -3.49. The summed E-state index contributed by atoms with van der Waals surface area (Å²) in [6.07, 6.45) is 0.978. The highest BCUT2D eigenvalue weighted by molar-refractivity contribution is 6.33. The van der Waals surface area contributed by atoms with Gasteiger partial charge in [0.15, 0.2) is 11.4 Å². The van der Waals surface area contributed by atoms with Gasteiger partial charge in [0.25, 0.3) is 0 Å². The molecule has 4 N–H and O–H groups in total. The summed E-state index contributed by atoms with van der Waals surface area (Å²) < 4.78 is 5.60. The zero-order chi connectivity index (χ0) is 19.7. The van der Waals surface area contributed by atoms with Crippen molar-refractivity contribution in [3.63, 3.8) is 0 Å². The van der Waals surface area contributed by atoms with Gasteiger partial charge in [0.2, 0.25) is 5.91 Å². The van der Waals surface area contributed by atoms with E-state index in [1.54, 1.807) is 24.1 Å². The number of carbonyl (C=O) groups excluding carboxylic acids is 1. The first-order valence-corrected chi connectivity index (χ1v) is 8.42. The molecule has 3 rings (SSSR count). The number of nitrogens with zero attached hydrogens (tertiary/aromatic N) is 4. The minimum Gasteiger partial charge on any atom is -0.423 e. The Morgan fingerprint density at radius 3 is 2.74 bits per heavy atom. The van der Waals surface area contributed by atoms with Gasteiger partial charge < -0.3 is 10.2 Å². The van der Waals surface area contributed by atoms with Crippen molar-refractivity contribution in [2.75, 3.05) is 5.32 Å². The van der Waals surface area contributed by atoms with Crippen LogP contribution in [0, 0.1) is 5.41 Å². The normalized spacial score (nSPS) is 17.6. The maximum Gasteiger partial charge on any atom is 0.302 e. The van der Waals surface area contributed by atoms with Crippen LogP contribution in [0.25, 0.3) is 11.1 Å². The van der Waals surface area contributed by atoms with Crippen molar-refractivity contribution in [2.45, 2.75) is 33.7 Å². The molecule has 1 amide bonds. The Bertz CT molecular complexity index is 1010. The van der Waals surface area contributed by atoms with Crippen LogP contribution in [0.2, 0.25) is 0 Å². The molecule has 0 aliphatic carbocycles. The molecule has 0 saturated heterocycles. The van der Waals surface area contributed by atoms with E-state index in [-0.39, 0.29) is 18.0 Å². The summed E-state index contributed by atoms with van der Waals surface area (Å²) in [7, 11) is 0. The van der Waals surface area contributed by atoms with Gasteiger partial charge >= 0.3 is 6.01 Å². The Kier molecular flexibility index (Phi) is 4.76. The highest BCUT2D eigenvalue weighted by Crippen LogP contribution is 2.27. The van der Waals surface area contributed by atoms with E-state index >= 15 is 0 Å². The number of carbonyl (C=O) groups is 1. The highest BCUT2D eigenvalue weighted by atomic mass is 16.4. The fourth-order valence-corrected chi connectivity index (χ4v) is 2.81. The van der Waals surface area contributed by atoms with Crippen LogP contribution in [0.1, 0.15) is 33.3 Å². The third-order valence-corrected chi connectivity index (χ3v) is 3.90. The van der Waals surface area contributed by atoms with Crippen LogP contribution in [0.3, 0.4) is 0 Å². The van der Waals surface area contributed by atoms with Gasteiger partial charge in [-0.05, 0) is 32.9 Å². The van der Waals surface area contributed by atoms with Crippen molar-refractivity contribution in [2.24, 2.45) is 15.8 Å². The van der Waals surface area contributed by atoms with Crippen molar-refractivity contribution in [3.8, 4) is 0 Å². The molecular weight excluding hydrogens is 346 g/mol. The molecule has 1 aliphatic heterocycles. The molecular formula is C18H21N7O2. The molecule has 2 aromatic rings. The van der Waals surface area contributed by atoms with Crippen molar-refractivity contribution in [3.05, 3.63) is 35.0 Å². The number of rotatable bonds is 4. The number of allylic oxidation sites excluding steroid dienone is 1. The van der Waals surface area contributed by atoms with Crippen molar-refractivity contribution in [1.82, 2.24) is 9.99 Å². The summed E-state index contributed by atoms with van der Waals surface area (Å²) >= 11 is 0. The molecule has 0 radical (unpaired) electrons. The van der Waals surface area contributed by atoms with Crippen LogP contribution in [0.15, 0.2) is 44.0 Å². The lowest BCUT2D eigenvalue weighted by atomic mass is 10.0. The summed E-state index contributed by atoms with van der Waals surface area (Å²) in [6.45, 7) is 7.12. The van der Waals surface area contributed by atoms with Crippen LogP contribution in [-0.4, -0.2) is 39.8 Å². The van der Waals surface area contributed by atoms with Crippen LogP contribution in [0.4, 0.5) is 6.01 Å². The van der Waals surface area contributed by atoms with Gasteiger partial charge in [-0.3, -0.25) is 15.5 Å². The van der Waals surface area contributed by atoms with Crippen LogP contribution in [0.5, 0.6) is 0 Å². The van der Waals surface area contributed by atoms with E-state index in [1.165, 1.54) is 6.92 Å². The molecule has 0 bridgehead atoms. The molecule has 1 aliphatic rings. The predicted molar refractivity (Wildman–Crippen MR) is 105 cm³/mol. The van der Waals surface area contributed by atoms with E-state index in [2.05, 4.69) is 20.4 Å². The molecule has 0 fully saturated rings. The number of benzene rings is 1. The zero-order valence-corrected chi connectivity index (χ0v) is 15.6. The van der Waals surface area contributed by atoms with Gasteiger partial charge in [0, 0.05) is 24.2 Å². The van der Waals surface area contributed by atoms with Crippen molar-refractivity contribution < 1.29 is 9.21 Å². The number of amides is 1. The summed E-state index contributed by atoms with van der Waals surface area (Å²) in [5.41, 5.74) is 9.88. The van der Waals surface area contributed by atoms with Crippen LogP contribution < -0.4 is 11.1 Å². The lowest BCUT2D eigenvalue weighted by Crippen LogP contribution is -2.30. The number of aromatic nitrogens is 1. The van der Waals surface area contributed by atoms with E-state index < -0.39 is 0 Å². The second kappa shape index (κ2) is 7.02. The summed E-state index contributed by atoms with van der Waals surface area (Å²) in [6, 6.07) is 5.62. The quantitative estimate of drug-likeness (QED) is 0.564. The zero-order valence-electron chi connectivity index (χ0n) is 15.6. The highest BCUT2D eigenvalue weighted by Gasteiger charge is 2.32. The lowest BCUT2D eigenvalue weighted by molar-refractivity contribution is -0.114. The first-order chi connectivity index (χ1) is 12.8. The fraction of sp³-hybridized carbons (Fsp3) is 0.278. The number of nitrogens with one attached hydrogen (secondary N) is 2. The van der Waals surface area contributed by atoms with Gasteiger partial charge in [-0.15, -0.1) is 0 Å². The van der Waals surface area contributed by atoms with Gasteiger partial charge in [0.1, 0.15) is 17.6 Å². The number of aliphatic imine (C=N–C) groups is 1. The Morgan fingerprint density at radius 2 is 2.15 bits per heavy atom. The Balaban J connectivity index is 2.11. The fourth-order valence-electron chi connectivity index (χ4n) is 2.81. The predicted octanol–water partition coefficient (Wildman–Crippen LogP) is 2.45. The minimum atomic E-state index is -0.258. The van der Waals surface area contributed by atoms with Crippen LogP contribution in [-0.2, 0) is 4.79 Å². The number of oxazole rings is 1. The molecule has 9 nitrogen and oxygen atoms in total. The van der Waals surface area contributed by atoms with E-state index in [9.17, 15) is 4.79 Å². The summed E-state index contributed by atoms with van der Waals surface area (Å²) in [5, 5.41) is 16.3. The van der Waals surface area contributed by atoms with E-state index in [0.29, 0.717) is 33.9 Å². The average molecular weight is 367 g/mol. The van der Waals surface area contributed by atoms with E-state index in [0.717, 1.165) is 11.9 Å². The third-order valence-electron chi connectivity index (χ3n) is 3.90. The molecule has 0 unspecified atom stereocenters. The van der Waals surface area contributed by atoms with E-state index in [1.807, 2.05) is 19.9 Å². The Labute approximate surface area is 156 Å². The SMILES string of the molecule is CC(=O)Nc1nc2ccc(C3=NN(C(C)C)C(=N/C=N)/C3=C(\C)N)cc2o1. The number of anilines is 1. The van der Waals surface area contributed by atoms with Gasteiger partial charge in [-0.2, -0.15) is 10.1 Å². The Morgan fingerprint density at radius 1 is 1.41 bits per heavy atom. The average Bonchev–Trinajstić information content (AvgIpc) is 3.14. The molecule has 27 heavy (non-hydrogen) atoms. The number of hydrogen-bond donors (Lipinski definition) is 3. The van der Waals surface area contributed by atoms with Crippen LogP contribution >= 0.6 is 0 Å². The van der Waals surface area contributed by atoms with Gasteiger partial charge in [-0.1, -0.05) is 6.07 Å². The van der Waals surface area contributed by atoms with Crippen molar-refractivity contribution >= 4 is 40.9 Å². The molecule has 2 heterocycles. The first-order valence-electron chi connectivity index (χ1n) is 8.42. The second-order valence-corrected chi connectivity index (χ2v) is 6.41. The third kappa shape index (κ3) is 3.43. The monoisotopic (exact) mass is 367 g/mol.